The third kappa shape index (κ3) is 5.26. The Bertz CT molecular complexity index is 650. The second-order valence-electron chi connectivity index (χ2n) is 4.99. The largest absolute Gasteiger partial charge is 0.338 e. The second-order valence-corrected chi connectivity index (χ2v) is 5.39. The first-order chi connectivity index (χ1) is 10.6. The number of nitrogens with one attached hydrogen (secondary N) is 2. The van der Waals surface area contributed by atoms with Crippen molar-refractivity contribution in [2.24, 2.45) is 0 Å². The summed E-state index contributed by atoms with van der Waals surface area (Å²) < 4.78 is 0. The number of carbonyl (C=O) groups is 1. The molecule has 0 atom stereocenters. The standard InChI is InChI=1S/C18H19ClN2O/c1-14-6-8-15(9-7-14)10-12-20-18(22)21-13-11-16-4-2-3-5-17(16)19/h2-10,12H,11,13H2,1H3,(H2,20,21,22)/b12-10+. The van der Waals surface area contributed by atoms with E-state index in [0.29, 0.717) is 13.0 Å². The van der Waals surface area contributed by atoms with E-state index in [4.69, 9.17) is 11.6 Å². The molecule has 2 aromatic rings. The maximum absolute atomic E-state index is 11.7. The fraction of sp³-hybridized carbons (Fsp3) is 0.167. The first-order valence-corrected chi connectivity index (χ1v) is 7.54. The zero-order valence-corrected chi connectivity index (χ0v) is 13.2. The van der Waals surface area contributed by atoms with Crippen LogP contribution in [-0.4, -0.2) is 12.6 Å². The van der Waals surface area contributed by atoms with Gasteiger partial charge in [0.05, 0.1) is 0 Å². The molecule has 0 aliphatic heterocycles. The molecule has 2 amide bonds. The number of rotatable bonds is 5. The van der Waals surface area contributed by atoms with E-state index in [1.54, 1.807) is 6.20 Å². The molecule has 0 unspecified atom stereocenters. The van der Waals surface area contributed by atoms with Gasteiger partial charge in [-0.1, -0.05) is 59.6 Å². The molecule has 0 saturated heterocycles. The molecule has 22 heavy (non-hydrogen) atoms. The van der Waals surface area contributed by atoms with Crippen LogP contribution in [-0.2, 0) is 6.42 Å². The van der Waals surface area contributed by atoms with E-state index in [9.17, 15) is 4.79 Å². The predicted octanol–water partition coefficient (Wildman–Crippen LogP) is 4.16. The normalized spacial score (nSPS) is 10.6. The molecule has 0 aliphatic rings. The smallest absolute Gasteiger partial charge is 0.318 e. The van der Waals surface area contributed by atoms with Crippen LogP contribution in [0.4, 0.5) is 4.79 Å². The molecule has 2 aromatic carbocycles. The van der Waals surface area contributed by atoms with Crippen LogP contribution < -0.4 is 10.6 Å². The van der Waals surface area contributed by atoms with Crippen molar-refractivity contribution in [3.8, 4) is 0 Å². The Morgan fingerprint density at radius 2 is 1.86 bits per heavy atom. The highest BCUT2D eigenvalue weighted by Crippen LogP contribution is 2.14. The lowest BCUT2D eigenvalue weighted by Crippen LogP contribution is -2.33. The van der Waals surface area contributed by atoms with Gasteiger partial charge in [0.25, 0.3) is 0 Å². The molecule has 2 rings (SSSR count). The Morgan fingerprint density at radius 3 is 2.59 bits per heavy atom. The van der Waals surface area contributed by atoms with E-state index in [-0.39, 0.29) is 6.03 Å². The van der Waals surface area contributed by atoms with E-state index in [1.807, 2.05) is 61.5 Å². The number of benzene rings is 2. The van der Waals surface area contributed by atoms with Crippen LogP contribution in [0, 0.1) is 6.92 Å². The molecule has 0 heterocycles. The van der Waals surface area contributed by atoms with Crippen molar-refractivity contribution < 1.29 is 4.79 Å². The molecular weight excluding hydrogens is 296 g/mol. The van der Waals surface area contributed by atoms with Gasteiger partial charge in [0.2, 0.25) is 0 Å². The topological polar surface area (TPSA) is 41.1 Å². The van der Waals surface area contributed by atoms with Gasteiger partial charge in [-0.15, -0.1) is 0 Å². The summed E-state index contributed by atoms with van der Waals surface area (Å²) in [5.74, 6) is 0. The van der Waals surface area contributed by atoms with Crippen LogP contribution in [0.2, 0.25) is 5.02 Å². The highest BCUT2D eigenvalue weighted by Gasteiger charge is 2.00. The zero-order valence-electron chi connectivity index (χ0n) is 12.5. The summed E-state index contributed by atoms with van der Waals surface area (Å²) in [6.07, 6.45) is 4.19. The van der Waals surface area contributed by atoms with Crippen molar-refractivity contribution >= 4 is 23.7 Å². The SMILES string of the molecule is Cc1ccc(/C=C/NC(=O)NCCc2ccccc2Cl)cc1. The quantitative estimate of drug-likeness (QED) is 0.854. The highest BCUT2D eigenvalue weighted by molar-refractivity contribution is 6.31. The van der Waals surface area contributed by atoms with Gasteiger partial charge in [-0.25, -0.2) is 4.79 Å². The van der Waals surface area contributed by atoms with E-state index in [0.717, 1.165) is 16.1 Å². The molecule has 0 spiro atoms. The van der Waals surface area contributed by atoms with Gasteiger partial charge < -0.3 is 10.6 Å². The van der Waals surface area contributed by atoms with E-state index >= 15 is 0 Å². The van der Waals surface area contributed by atoms with Crippen molar-refractivity contribution in [3.63, 3.8) is 0 Å². The molecule has 4 heteroatoms. The fourth-order valence-corrected chi connectivity index (χ4v) is 2.18. The summed E-state index contributed by atoms with van der Waals surface area (Å²) in [5.41, 5.74) is 3.28. The van der Waals surface area contributed by atoms with Crippen LogP contribution in [0.5, 0.6) is 0 Å². The number of halogens is 1. The Hall–Kier alpha value is -2.26. The molecule has 0 saturated carbocycles. The molecule has 0 radical (unpaired) electrons. The van der Waals surface area contributed by atoms with E-state index in [2.05, 4.69) is 10.6 Å². The van der Waals surface area contributed by atoms with E-state index in [1.165, 1.54) is 5.56 Å². The maximum Gasteiger partial charge on any atom is 0.318 e. The first kappa shape index (κ1) is 16.1. The lowest BCUT2D eigenvalue weighted by molar-refractivity contribution is 0.244. The van der Waals surface area contributed by atoms with Crippen LogP contribution >= 0.6 is 11.6 Å². The van der Waals surface area contributed by atoms with Crippen LogP contribution in [0.3, 0.4) is 0 Å². The predicted molar refractivity (Wildman–Crippen MR) is 91.9 cm³/mol. The first-order valence-electron chi connectivity index (χ1n) is 7.16. The summed E-state index contributed by atoms with van der Waals surface area (Å²) in [7, 11) is 0. The van der Waals surface area contributed by atoms with Crippen molar-refractivity contribution in [1.29, 1.82) is 0 Å². The van der Waals surface area contributed by atoms with Gasteiger partial charge in [0, 0.05) is 17.8 Å². The van der Waals surface area contributed by atoms with Gasteiger partial charge in [0.15, 0.2) is 0 Å². The van der Waals surface area contributed by atoms with Gasteiger partial charge in [-0.2, -0.15) is 0 Å². The summed E-state index contributed by atoms with van der Waals surface area (Å²) >= 11 is 6.06. The molecule has 0 fully saturated rings. The molecule has 3 nitrogen and oxygen atoms in total. The minimum absolute atomic E-state index is 0.226. The lowest BCUT2D eigenvalue weighted by Gasteiger charge is -2.06. The molecule has 0 aliphatic carbocycles. The minimum atomic E-state index is -0.226. The third-order valence-electron chi connectivity index (χ3n) is 3.21. The lowest BCUT2D eigenvalue weighted by atomic mass is 10.1. The van der Waals surface area contributed by atoms with Gasteiger partial charge in [-0.3, -0.25) is 0 Å². The maximum atomic E-state index is 11.7. The number of aryl methyl sites for hydroxylation is 1. The third-order valence-corrected chi connectivity index (χ3v) is 3.57. The Kier molecular flexibility index (Phi) is 6.04. The Morgan fingerprint density at radius 1 is 1.14 bits per heavy atom. The molecule has 0 aromatic heterocycles. The average molecular weight is 315 g/mol. The van der Waals surface area contributed by atoms with Crippen LogP contribution in [0.15, 0.2) is 54.7 Å². The van der Waals surface area contributed by atoms with Crippen LogP contribution in [0.1, 0.15) is 16.7 Å². The minimum Gasteiger partial charge on any atom is -0.338 e. The number of urea groups is 1. The molecular formula is C18H19ClN2O. The van der Waals surface area contributed by atoms with Crippen molar-refractivity contribution in [3.05, 3.63) is 76.4 Å². The summed E-state index contributed by atoms with van der Waals surface area (Å²) in [4.78, 5) is 11.7. The Labute approximate surface area is 136 Å². The van der Waals surface area contributed by atoms with Crippen molar-refractivity contribution in [1.82, 2.24) is 10.6 Å². The number of carbonyl (C=O) groups excluding carboxylic acids is 1. The van der Waals surface area contributed by atoms with Gasteiger partial charge >= 0.3 is 6.03 Å². The van der Waals surface area contributed by atoms with E-state index < -0.39 is 0 Å². The zero-order chi connectivity index (χ0) is 15.8. The monoisotopic (exact) mass is 314 g/mol. The molecule has 114 valence electrons. The summed E-state index contributed by atoms with van der Waals surface area (Å²) in [5, 5.41) is 6.20. The summed E-state index contributed by atoms with van der Waals surface area (Å²) in [6, 6.07) is 15.5. The van der Waals surface area contributed by atoms with Gasteiger partial charge in [-0.05, 0) is 36.6 Å². The Balaban J connectivity index is 1.72. The van der Waals surface area contributed by atoms with Crippen molar-refractivity contribution in [2.75, 3.05) is 6.54 Å². The number of amides is 2. The fourth-order valence-electron chi connectivity index (χ4n) is 1.95. The number of hydrogen-bond acceptors (Lipinski definition) is 1. The average Bonchev–Trinajstić information content (AvgIpc) is 2.51. The second kappa shape index (κ2) is 8.25. The highest BCUT2D eigenvalue weighted by atomic mass is 35.5. The summed E-state index contributed by atoms with van der Waals surface area (Å²) in [6.45, 7) is 2.58. The molecule has 0 bridgehead atoms. The van der Waals surface area contributed by atoms with Crippen molar-refractivity contribution in [2.45, 2.75) is 13.3 Å². The van der Waals surface area contributed by atoms with Crippen LogP contribution in [0.25, 0.3) is 6.08 Å². The molecule has 2 N–H and O–H groups in total. The number of hydrogen-bond donors (Lipinski definition) is 2. The van der Waals surface area contributed by atoms with Gasteiger partial charge in [0.1, 0.15) is 0 Å².